The van der Waals surface area contributed by atoms with Crippen molar-refractivity contribution in [1.29, 1.82) is 0 Å². The predicted octanol–water partition coefficient (Wildman–Crippen LogP) is 3.22. The Balaban J connectivity index is 1.70. The molecule has 3 aromatic rings. The van der Waals surface area contributed by atoms with Crippen LogP contribution in [-0.2, 0) is 11.3 Å². The molecule has 32 heavy (non-hydrogen) atoms. The fraction of sp³-hybridized carbons (Fsp3) is 0.455. The molecule has 9 nitrogen and oxygen atoms in total. The third-order valence-electron chi connectivity index (χ3n) is 4.53. The number of hydrogen-bond donors (Lipinski definition) is 2. The number of benzene rings is 1. The summed E-state index contributed by atoms with van der Waals surface area (Å²) in [5, 5.41) is 12.3. The van der Waals surface area contributed by atoms with Gasteiger partial charge in [-0.1, -0.05) is 30.8 Å². The largest absolute Gasteiger partial charge is 0.493 e. The molecule has 172 valence electrons. The first-order valence-corrected chi connectivity index (χ1v) is 11.8. The second kappa shape index (κ2) is 12.3. The summed E-state index contributed by atoms with van der Waals surface area (Å²) in [6.45, 7) is 9.24. The van der Waals surface area contributed by atoms with Crippen molar-refractivity contribution in [2.45, 2.75) is 32.5 Å². The highest BCUT2D eigenvalue weighted by atomic mass is 32.2. The minimum absolute atomic E-state index is 0.180. The zero-order valence-corrected chi connectivity index (χ0v) is 19.6. The van der Waals surface area contributed by atoms with Crippen LogP contribution in [0, 0.1) is 0 Å². The van der Waals surface area contributed by atoms with E-state index in [0.717, 1.165) is 22.6 Å². The lowest BCUT2D eigenvalue weighted by molar-refractivity contribution is 0.0948. The van der Waals surface area contributed by atoms with Gasteiger partial charge in [-0.25, -0.2) is 14.6 Å². The summed E-state index contributed by atoms with van der Waals surface area (Å²) >= 11 is 1.57. The summed E-state index contributed by atoms with van der Waals surface area (Å²) in [5.74, 6) is 2.01. The maximum atomic E-state index is 12.6. The molecule has 1 amide bonds. The molecule has 0 saturated heterocycles. The van der Waals surface area contributed by atoms with Crippen molar-refractivity contribution in [2.24, 2.45) is 0 Å². The molecule has 0 spiro atoms. The van der Waals surface area contributed by atoms with Gasteiger partial charge < -0.3 is 20.1 Å². The van der Waals surface area contributed by atoms with E-state index in [1.165, 1.54) is 0 Å². The lowest BCUT2D eigenvalue weighted by Crippen LogP contribution is -2.28. The molecular formula is C22H30N6O3S. The van der Waals surface area contributed by atoms with Crippen molar-refractivity contribution < 1.29 is 14.3 Å². The average molecular weight is 459 g/mol. The molecule has 2 aromatic heterocycles. The number of ether oxygens (including phenoxy) is 2. The van der Waals surface area contributed by atoms with E-state index >= 15 is 0 Å². The first kappa shape index (κ1) is 23.8. The van der Waals surface area contributed by atoms with E-state index in [-0.39, 0.29) is 5.91 Å². The number of rotatable bonds is 13. The zero-order valence-electron chi connectivity index (χ0n) is 18.8. The minimum atomic E-state index is -0.180. The van der Waals surface area contributed by atoms with Crippen molar-refractivity contribution in [3.8, 4) is 5.75 Å². The van der Waals surface area contributed by atoms with E-state index in [0.29, 0.717) is 55.9 Å². The Kier molecular flexibility index (Phi) is 9.12. The molecule has 0 aliphatic heterocycles. The Morgan fingerprint density at radius 3 is 2.75 bits per heavy atom. The van der Waals surface area contributed by atoms with Crippen LogP contribution in [0.25, 0.3) is 11.0 Å². The standard InChI is InChI=1S/C22H30N6O3S/c1-4-30-14-12-23-19-17-15-25-28(20(17)27-22(26-19)32-6-3)13-11-24-21(29)16-9-7-8-10-18(16)31-5-2/h7-10,15H,4-6,11-14H2,1-3H3,(H,24,29)(H,23,26,27). The third-order valence-corrected chi connectivity index (χ3v) is 5.26. The number of nitrogens with zero attached hydrogens (tertiary/aromatic N) is 4. The maximum Gasteiger partial charge on any atom is 0.255 e. The molecule has 2 heterocycles. The number of aromatic nitrogens is 4. The van der Waals surface area contributed by atoms with Crippen molar-refractivity contribution in [3.63, 3.8) is 0 Å². The van der Waals surface area contributed by atoms with Crippen molar-refractivity contribution in [1.82, 2.24) is 25.1 Å². The fourth-order valence-electron chi connectivity index (χ4n) is 3.12. The number of carbonyl (C=O) groups is 1. The van der Waals surface area contributed by atoms with Crippen molar-refractivity contribution >= 4 is 34.5 Å². The number of fused-ring (bicyclic) bond motifs is 1. The number of thioether (sulfide) groups is 1. The van der Waals surface area contributed by atoms with Crippen LogP contribution >= 0.6 is 11.8 Å². The topological polar surface area (TPSA) is 103 Å². The van der Waals surface area contributed by atoms with Gasteiger partial charge in [0.2, 0.25) is 0 Å². The number of para-hydroxylation sites is 1. The van der Waals surface area contributed by atoms with Gasteiger partial charge in [0.1, 0.15) is 11.6 Å². The van der Waals surface area contributed by atoms with Crippen molar-refractivity contribution in [2.75, 3.05) is 44.0 Å². The van der Waals surface area contributed by atoms with Crippen LogP contribution in [0.3, 0.4) is 0 Å². The van der Waals surface area contributed by atoms with Gasteiger partial charge in [0, 0.05) is 19.7 Å². The van der Waals surface area contributed by atoms with Gasteiger partial charge >= 0.3 is 0 Å². The summed E-state index contributed by atoms with van der Waals surface area (Å²) in [6, 6.07) is 7.22. The second-order valence-electron chi connectivity index (χ2n) is 6.70. The maximum absolute atomic E-state index is 12.6. The number of hydrogen-bond acceptors (Lipinski definition) is 8. The SMILES string of the molecule is CCOCCNc1nc(SCC)nc2c1cnn2CCNC(=O)c1ccccc1OCC. The van der Waals surface area contributed by atoms with Gasteiger partial charge in [0.05, 0.1) is 36.9 Å². The monoisotopic (exact) mass is 458 g/mol. The first-order valence-electron chi connectivity index (χ1n) is 10.9. The van der Waals surface area contributed by atoms with Crippen LogP contribution in [0.1, 0.15) is 31.1 Å². The molecule has 0 radical (unpaired) electrons. The van der Waals surface area contributed by atoms with Gasteiger partial charge in [-0.2, -0.15) is 5.10 Å². The Bertz CT molecular complexity index is 1030. The van der Waals surface area contributed by atoms with E-state index in [4.69, 9.17) is 9.47 Å². The number of nitrogens with one attached hydrogen (secondary N) is 2. The van der Waals surface area contributed by atoms with Gasteiger partial charge in [-0.15, -0.1) is 0 Å². The van der Waals surface area contributed by atoms with Crippen LogP contribution in [-0.4, -0.2) is 64.3 Å². The second-order valence-corrected chi connectivity index (χ2v) is 7.93. The summed E-state index contributed by atoms with van der Waals surface area (Å²) in [5.41, 5.74) is 1.25. The summed E-state index contributed by atoms with van der Waals surface area (Å²) in [7, 11) is 0. The Morgan fingerprint density at radius 2 is 1.97 bits per heavy atom. The van der Waals surface area contributed by atoms with Gasteiger partial charge in [0.25, 0.3) is 5.91 Å². The van der Waals surface area contributed by atoms with Gasteiger partial charge in [-0.05, 0) is 31.7 Å². The molecule has 0 bridgehead atoms. The van der Waals surface area contributed by atoms with E-state index in [2.05, 4.69) is 32.6 Å². The van der Waals surface area contributed by atoms with E-state index in [1.54, 1.807) is 34.8 Å². The first-order chi connectivity index (χ1) is 15.7. The summed E-state index contributed by atoms with van der Waals surface area (Å²) < 4.78 is 12.7. The molecule has 0 aliphatic carbocycles. The van der Waals surface area contributed by atoms with Crippen LogP contribution in [0.2, 0.25) is 0 Å². The summed E-state index contributed by atoms with van der Waals surface area (Å²) in [6.07, 6.45) is 1.75. The summed E-state index contributed by atoms with van der Waals surface area (Å²) in [4.78, 5) is 21.9. The van der Waals surface area contributed by atoms with Gasteiger partial charge in [0.15, 0.2) is 10.8 Å². The average Bonchev–Trinajstić information content (AvgIpc) is 3.20. The molecule has 0 aliphatic rings. The highest BCUT2D eigenvalue weighted by Crippen LogP contribution is 2.24. The van der Waals surface area contributed by atoms with E-state index < -0.39 is 0 Å². The van der Waals surface area contributed by atoms with Crippen LogP contribution in [0.4, 0.5) is 5.82 Å². The lowest BCUT2D eigenvalue weighted by Gasteiger charge is -2.11. The zero-order chi connectivity index (χ0) is 22.8. The predicted molar refractivity (Wildman–Crippen MR) is 127 cm³/mol. The quantitative estimate of drug-likeness (QED) is 0.229. The molecule has 10 heteroatoms. The number of anilines is 1. The van der Waals surface area contributed by atoms with Crippen molar-refractivity contribution in [3.05, 3.63) is 36.0 Å². The van der Waals surface area contributed by atoms with Gasteiger partial charge in [-0.3, -0.25) is 4.79 Å². The minimum Gasteiger partial charge on any atom is -0.493 e. The highest BCUT2D eigenvalue weighted by Gasteiger charge is 2.15. The Labute approximate surface area is 192 Å². The molecule has 0 saturated carbocycles. The Hall–Kier alpha value is -2.85. The van der Waals surface area contributed by atoms with Crippen LogP contribution in [0.15, 0.2) is 35.6 Å². The molecule has 0 fully saturated rings. The molecule has 0 unspecified atom stereocenters. The van der Waals surface area contributed by atoms with E-state index in [1.807, 2.05) is 26.0 Å². The molecular weight excluding hydrogens is 428 g/mol. The van der Waals surface area contributed by atoms with Crippen LogP contribution < -0.4 is 15.4 Å². The molecule has 0 atom stereocenters. The highest BCUT2D eigenvalue weighted by molar-refractivity contribution is 7.99. The van der Waals surface area contributed by atoms with E-state index in [9.17, 15) is 4.79 Å². The smallest absolute Gasteiger partial charge is 0.255 e. The molecule has 3 rings (SSSR count). The number of carbonyl (C=O) groups excluding carboxylic acids is 1. The fourth-order valence-corrected chi connectivity index (χ4v) is 3.68. The van der Waals surface area contributed by atoms with Crippen LogP contribution in [0.5, 0.6) is 5.75 Å². The normalized spacial score (nSPS) is 11.0. The number of amides is 1. The third kappa shape index (κ3) is 6.10. The molecule has 1 aromatic carbocycles. The molecule has 2 N–H and O–H groups in total. The lowest BCUT2D eigenvalue weighted by atomic mass is 10.2. The Morgan fingerprint density at radius 1 is 1.12 bits per heavy atom.